The average Bonchev–Trinajstić information content (AvgIpc) is 4.14. The van der Waals surface area contributed by atoms with Crippen LogP contribution in [0.4, 0.5) is 0 Å². The smallest absolute Gasteiger partial charge is 0.325 e. The van der Waals surface area contributed by atoms with E-state index in [-0.39, 0.29) is 57.5 Å². The third-order valence-corrected chi connectivity index (χ3v) is 11.9. The molecular formula is C43H69N13O16. The number of aromatic nitrogens is 2. The molecule has 10 amide bonds. The van der Waals surface area contributed by atoms with E-state index in [2.05, 4.69) is 47.2 Å². The molecule has 3 rings (SSSR count). The van der Waals surface area contributed by atoms with Crippen molar-refractivity contribution in [2.45, 2.75) is 146 Å². The number of nitrogens with two attached hydrogens (primary N) is 2. The van der Waals surface area contributed by atoms with Gasteiger partial charge in [-0.25, -0.2) is 4.98 Å². The highest BCUT2D eigenvalue weighted by molar-refractivity contribution is 5.99. The number of nitrogens with zero attached hydrogens (tertiary/aromatic N) is 3. The lowest BCUT2D eigenvalue weighted by atomic mass is 10.0. The number of hydrogen-bond donors (Lipinski definition) is 15. The number of H-pyrrole nitrogens is 1. The molecule has 2 aliphatic heterocycles. The van der Waals surface area contributed by atoms with Gasteiger partial charge in [0.05, 0.1) is 38.3 Å². The van der Waals surface area contributed by atoms with E-state index in [1.807, 2.05) is 0 Å². The first-order valence-electron chi connectivity index (χ1n) is 23.4. The molecule has 0 aromatic carbocycles. The number of nitrogens with one attached hydrogen (secondary N) is 8. The van der Waals surface area contributed by atoms with E-state index >= 15 is 0 Å². The summed E-state index contributed by atoms with van der Waals surface area (Å²) in [5.41, 5.74) is 11.2. The number of primary amides is 1. The van der Waals surface area contributed by atoms with Gasteiger partial charge in [0.25, 0.3) is 0 Å². The van der Waals surface area contributed by atoms with Crippen molar-refractivity contribution in [1.82, 2.24) is 57.0 Å². The van der Waals surface area contributed by atoms with Crippen molar-refractivity contribution in [3.63, 3.8) is 0 Å². The Morgan fingerprint density at radius 2 is 1.21 bits per heavy atom. The summed E-state index contributed by atoms with van der Waals surface area (Å²) in [6, 6.07) is -14.4. The minimum Gasteiger partial charge on any atom is -0.480 e. The summed E-state index contributed by atoms with van der Waals surface area (Å²) in [5.74, 6) is -10.6. The molecule has 17 N–H and O–H groups in total. The van der Waals surface area contributed by atoms with Crippen LogP contribution in [0.2, 0.25) is 0 Å². The van der Waals surface area contributed by atoms with E-state index in [9.17, 15) is 73.2 Å². The molecule has 11 atom stereocenters. The van der Waals surface area contributed by atoms with Gasteiger partial charge in [-0.15, -0.1) is 0 Å². The maximum Gasteiger partial charge on any atom is 0.325 e. The molecule has 2 aliphatic rings. The maximum atomic E-state index is 14.4. The van der Waals surface area contributed by atoms with Crippen LogP contribution < -0.4 is 48.7 Å². The molecule has 402 valence electrons. The van der Waals surface area contributed by atoms with Gasteiger partial charge in [0.2, 0.25) is 59.1 Å². The van der Waals surface area contributed by atoms with E-state index in [0.29, 0.717) is 18.5 Å². The van der Waals surface area contributed by atoms with Crippen molar-refractivity contribution in [3.8, 4) is 0 Å². The normalized spacial score (nSPS) is 19.2. The zero-order chi connectivity index (χ0) is 54.0. The van der Waals surface area contributed by atoms with Crippen molar-refractivity contribution in [1.29, 1.82) is 0 Å². The Kier molecular flexibility index (Phi) is 23.4. The van der Waals surface area contributed by atoms with Crippen molar-refractivity contribution >= 4 is 65.0 Å². The second-order valence-electron chi connectivity index (χ2n) is 18.1. The Balaban J connectivity index is 1.76. The highest BCUT2D eigenvalue weighted by Gasteiger charge is 2.45. The molecular weight excluding hydrogens is 955 g/mol. The fourth-order valence-electron chi connectivity index (χ4n) is 7.90. The molecule has 72 heavy (non-hydrogen) atoms. The standard InChI is InChI=1S/C43H69N13O16/c1-20(2)13-25(35(63)52-29(18-59)38(66)54-33(22(4)60)40(68)48-21(3)43(71)72)49-39(67)30-7-5-11-55(30)42(70)31-8-6-12-56(31)41(69)26(14-23-15-46-19-47-23)50-36(64)28(17-58)53-37(65)27(16-57)51-34(62)24(44)9-10-32(45)61/h15,19-22,24-31,33,57-60H,5-14,16-18,44H2,1-4H3,(H2,45,61)(H,46,47)(H,48,68)(H,49,67)(H,50,64)(H,51,62)(H,52,63)(H,53,65)(H,54,66)(H,71,72)/t21-,22+,24-,25-,26-,27-,28-,29-,30-,31-,33-/m0/s1. The van der Waals surface area contributed by atoms with Gasteiger partial charge in [0, 0.05) is 37.8 Å². The highest BCUT2D eigenvalue weighted by Crippen LogP contribution is 2.26. The van der Waals surface area contributed by atoms with E-state index < -0.39 is 151 Å². The number of rotatable bonds is 28. The first-order valence-corrected chi connectivity index (χ1v) is 23.4. The third-order valence-electron chi connectivity index (χ3n) is 11.9. The van der Waals surface area contributed by atoms with Gasteiger partial charge >= 0.3 is 5.97 Å². The number of imidazole rings is 1. The summed E-state index contributed by atoms with van der Waals surface area (Å²) in [5, 5.41) is 65.6. The van der Waals surface area contributed by atoms with Gasteiger partial charge in [-0.3, -0.25) is 52.7 Å². The number of aliphatic hydroxyl groups is 4. The van der Waals surface area contributed by atoms with Gasteiger partial charge in [0.1, 0.15) is 54.4 Å². The summed E-state index contributed by atoms with van der Waals surface area (Å²) < 4.78 is 0. The SMILES string of the molecule is CC(C)C[C@H](NC(=O)[C@@H]1CCCN1C(=O)[C@@H]1CCCN1C(=O)[C@H](Cc1cnc[nH]1)NC(=O)[C@H](CO)NC(=O)[C@H](CO)NC(=O)[C@@H](N)CCC(N)=O)C(=O)N[C@@H](CO)C(=O)N[C@H](C(=O)N[C@@H](C)C(=O)O)[C@@H](C)O. The largest absolute Gasteiger partial charge is 0.480 e. The van der Waals surface area contributed by atoms with E-state index in [0.717, 1.165) is 13.8 Å². The fraction of sp³-hybridized carbons (Fsp3) is 0.674. The monoisotopic (exact) mass is 1020 g/mol. The summed E-state index contributed by atoms with van der Waals surface area (Å²) in [7, 11) is 0. The number of amides is 10. The Morgan fingerprint density at radius 3 is 1.71 bits per heavy atom. The zero-order valence-corrected chi connectivity index (χ0v) is 40.5. The third kappa shape index (κ3) is 17.2. The second-order valence-corrected chi connectivity index (χ2v) is 18.1. The fourth-order valence-corrected chi connectivity index (χ4v) is 7.90. The number of carbonyl (C=O) groups excluding carboxylic acids is 10. The van der Waals surface area contributed by atoms with E-state index in [1.54, 1.807) is 13.8 Å². The first-order chi connectivity index (χ1) is 33.9. The first kappa shape index (κ1) is 59.5. The van der Waals surface area contributed by atoms with Crippen LogP contribution in [0, 0.1) is 5.92 Å². The Morgan fingerprint density at radius 1 is 0.694 bits per heavy atom. The Bertz CT molecular complexity index is 2090. The summed E-state index contributed by atoms with van der Waals surface area (Å²) in [6.45, 7) is 2.98. The predicted octanol–water partition coefficient (Wildman–Crippen LogP) is -7.57. The second kappa shape index (κ2) is 28.3. The lowest BCUT2D eigenvalue weighted by Crippen LogP contribution is -2.61. The number of aliphatic hydroxyl groups excluding tert-OH is 4. The van der Waals surface area contributed by atoms with Crippen LogP contribution in [0.1, 0.15) is 78.3 Å². The Hall–Kier alpha value is -6.82. The number of aliphatic carboxylic acids is 1. The number of carboxylic acids is 1. The van der Waals surface area contributed by atoms with Gasteiger partial charge in [-0.05, 0) is 58.3 Å². The van der Waals surface area contributed by atoms with Crippen LogP contribution in [-0.2, 0) is 59.2 Å². The minimum atomic E-state index is -1.73. The molecule has 2 saturated heterocycles. The topological polar surface area (TPSA) is 460 Å². The molecule has 2 fully saturated rings. The molecule has 0 aliphatic carbocycles. The number of hydrogen-bond acceptors (Lipinski definition) is 17. The molecule has 0 bridgehead atoms. The van der Waals surface area contributed by atoms with Crippen LogP contribution in [-0.4, -0.2) is 210 Å². The predicted molar refractivity (Wildman–Crippen MR) is 247 cm³/mol. The maximum absolute atomic E-state index is 14.4. The van der Waals surface area contributed by atoms with Crippen molar-refractivity contribution in [3.05, 3.63) is 18.2 Å². The molecule has 3 heterocycles. The summed E-state index contributed by atoms with van der Waals surface area (Å²) in [4.78, 5) is 153. The molecule has 29 nitrogen and oxygen atoms in total. The minimum absolute atomic E-state index is 0.0198. The van der Waals surface area contributed by atoms with Crippen molar-refractivity contribution in [2.75, 3.05) is 32.9 Å². The summed E-state index contributed by atoms with van der Waals surface area (Å²) in [6.07, 6.45) is 1.60. The molecule has 29 heteroatoms. The van der Waals surface area contributed by atoms with E-state index in [4.69, 9.17) is 16.6 Å². The molecule has 0 spiro atoms. The van der Waals surface area contributed by atoms with Gasteiger partial charge < -0.3 is 89.0 Å². The van der Waals surface area contributed by atoms with Crippen LogP contribution >= 0.6 is 0 Å². The van der Waals surface area contributed by atoms with Crippen LogP contribution in [0.5, 0.6) is 0 Å². The molecule has 0 saturated carbocycles. The number of carboxylic acid groups (broad SMARTS) is 1. The average molecular weight is 1020 g/mol. The quantitative estimate of drug-likeness (QED) is 0.0371. The molecule has 0 unspecified atom stereocenters. The lowest BCUT2D eigenvalue weighted by molar-refractivity contribution is -0.148. The van der Waals surface area contributed by atoms with Gasteiger partial charge in [-0.1, -0.05) is 13.8 Å². The molecule has 1 aromatic heterocycles. The van der Waals surface area contributed by atoms with Crippen molar-refractivity contribution < 1.29 is 78.3 Å². The number of likely N-dealkylation sites (tertiary alicyclic amines) is 2. The van der Waals surface area contributed by atoms with Gasteiger partial charge in [-0.2, -0.15) is 0 Å². The Labute approximate surface area is 413 Å². The van der Waals surface area contributed by atoms with Gasteiger partial charge in [0.15, 0.2) is 0 Å². The van der Waals surface area contributed by atoms with Crippen LogP contribution in [0.3, 0.4) is 0 Å². The zero-order valence-electron chi connectivity index (χ0n) is 40.5. The van der Waals surface area contributed by atoms with Crippen molar-refractivity contribution in [2.24, 2.45) is 17.4 Å². The lowest BCUT2D eigenvalue weighted by Gasteiger charge is -2.33. The summed E-state index contributed by atoms with van der Waals surface area (Å²) >= 11 is 0. The number of aromatic amines is 1. The number of carbonyl (C=O) groups is 11. The van der Waals surface area contributed by atoms with E-state index in [1.165, 1.54) is 22.3 Å². The molecule has 1 aromatic rings. The van der Waals surface area contributed by atoms with Crippen LogP contribution in [0.15, 0.2) is 12.5 Å². The van der Waals surface area contributed by atoms with Crippen LogP contribution in [0.25, 0.3) is 0 Å². The highest BCUT2D eigenvalue weighted by atomic mass is 16.4. The molecule has 0 radical (unpaired) electrons.